The van der Waals surface area contributed by atoms with E-state index in [4.69, 9.17) is 5.73 Å². The van der Waals surface area contributed by atoms with Crippen LogP contribution in [0, 0.1) is 0 Å². The average Bonchev–Trinajstić information content (AvgIpc) is 2.99. The molecule has 1 aliphatic heterocycles. The van der Waals surface area contributed by atoms with E-state index in [1.54, 1.807) is 48.8 Å². The van der Waals surface area contributed by atoms with Crippen LogP contribution in [0.15, 0.2) is 88.9 Å². The van der Waals surface area contributed by atoms with Crippen LogP contribution in [-0.2, 0) is 16.4 Å². The SMILES string of the molecule is NC(=O)c1ccc(-c2ncc(CNC(=O)c3ccc4c(c3)NC(=O)c3ccccc3S4(=O)=O)cn2)cc1. The van der Waals surface area contributed by atoms with E-state index in [1.807, 2.05) is 0 Å². The Morgan fingerprint density at radius 3 is 2.27 bits per heavy atom. The molecule has 1 aliphatic rings. The number of carbonyl (C=O) groups excluding carboxylic acids is 3. The zero-order valence-electron chi connectivity index (χ0n) is 19.1. The van der Waals surface area contributed by atoms with Crippen LogP contribution in [0.1, 0.15) is 36.6 Å². The first-order valence-electron chi connectivity index (χ1n) is 11.0. The van der Waals surface area contributed by atoms with Gasteiger partial charge in [-0.25, -0.2) is 18.4 Å². The van der Waals surface area contributed by atoms with E-state index in [1.165, 1.54) is 30.3 Å². The molecule has 11 heteroatoms. The van der Waals surface area contributed by atoms with Crippen LogP contribution in [0.4, 0.5) is 5.69 Å². The highest BCUT2D eigenvalue weighted by atomic mass is 32.2. The van der Waals surface area contributed by atoms with Gasteiger partial charge in [-0.2, -0.15) is 0 Å². The molecule has 0 radical (unpaired) electrons. The molecule has 0 spiro atoms. The summed E-state index contributed by atoms with van der Waals surface area (Å²) in [7, 11) is -3.96. The number of aromatic nitrogens is 2. The van der Waals surface area contributed by atoms with Crippen molar-refractivity contribution in [2.75, 3.05) is 5.32 Å². The fourth-order valence-corrected chi connectivity index (χ4v) is 5.45. The number of nitrogens with one attached hydrogen (secondary N) is 2. The van der Waals surface area contributed by atoms with Crippen LogP contribution in [0.25, 0.3) is 11.4 Å². The lowest BCUT2D eigenvalue weighted by atomic mass is 10.1. The monoisotopic (exact) mass is 513 g/mol. The van der Waals surface area contributed by atoms with Crippen molar-refractivity contribution in [3.05, 3.63) is 101 Å². The van der Waals surface area contributed by atoms with Crippen molar-refractivity contribution < 1.29 is 22.8 Å². The van der Waals surface area contributed by atoms with Gasteiger partial charge in [-0.3, -0.25) is 14.4 Å². The van der Waals surface area contributed by atoms with Gasteiger partial charge < -0.3 is 16.4 Å². The van der Waals surface area contributed by atoms with Crippen LogP contribution in [0.5, 0.6) is 0 Å². The molecule has 0 saturated heterocycles. The summed E-state index contributed by atoms with van der Waals surface area (Å²) in [6, 6.07) is 16.5. The number of anilines is 1. The summed E-state index contributed by atoms with van der Waals surface area (Å²) in [5.41, 5.74) is 7.20. The van der Waals surface area contributed by atoms with Crippen molar-refractivity contribution in [3.8, 4) is 11.4 Å². The number of amides is 3. The molecule has 0 atom stereocenters. The van der Waals surface area contributed by atoms with E-state index in [9.17, 15) is 22.8 Å². The number of nitrogens with zero attached hydrogens (tertiary/aromatic N) is 2. The Balaban J connectivity index is 1.30. The summed E-state index contributed by atoms with van der Waals surface area (Å²) >= 11 is 0. The molecule has 0 bridgehead atoms. The maximum Gasteiger partial charge on any atom is 0.257 e. The predicted molar refractivity (Wildman–Crippen MR) is 133 cm³/mol. The van der Waals surface area contributed by atoms with Crippen molar-refractivity contribution in [2.45, 2.75) is 16.3 Å². The highest BCUT2D eigenvalue weighted by Crippen LogP contribution is 2.34. The Hall–Kier alpha value is -4.90. The zero-order chi connectivity index (χ0) is 26.2. The summed E-state index contributed by atoms with van der Waals surface area (Å²) in [6.45, 7) is 0.118. The van der Waals surface area contributed by atoms with Gasteiger partial charge in [0.25, 0.3) is 11.8 Å². The van der Waals surface area contributed by atoms with E-state index in [-0.39, 0.29) is 33.2 Å². The second-order valence-electron chi connectivity index (χ2n) is 8.20. The van der Waals surface area contributed by atoms with E-state index < -0.39 is 27.6 Å². The quantitative estimate of drug-likeness (QED) is 0.369. The minimum atomic E-state index is -3.96. The first-order valence-corrected chi connectivity index (χ1v) is 12.5. The number of hydrogen-bond acceptors (Lipinski definition) is 7. The largest absolute Gasteiger partial charge is 0.366 e. The normalized spacial score (nSPS) is 13.5. The van der Waals surface area contributed by atoms with Gasteiger partial charge >= 0.3 is 0 Å². The van der Waals surface area contributed by atoms with E-state index >= 15 is 0 Å². The van der Waals surface area contributed by atoms with Gasteiger partial charge in [-0.05, 0) is 42.5 Å². The lowest BCUT2D eigenvalue weighted by molar-refractivity contribution is 0.0948. The van der Waals surface area contributed by atoms with E-state index in [0.717, 1.165) is 0 Å². The Morgan fingerprint density at radius 1 is 0.892 bits per heavy atom. The highest BCUT2D eigenvalue weighted by molar-refractivity contribution is 7.91. The van der Waals surface area contributed by atoms with Crippen LogP contribution in [0.3, 0.4) is 0 Å². The summed E-state index contributed by atoms with van der Waals surface area (Å²) in [5.74, 6) is -1.13. The number of sulfone groups is 1. The minimum Gasteiger partial charge on any atom is -0.366 e. The maximum absolute atomic E-state index is 13.1. The number of hydrogen-bond donors (Lipinski definition) is 3. The first kappa shape index (κ1) is 23.8. The third kappa shape index (κ3) is 4.55. The molecule has 0 aliphatic carbocycles. The highest BCUT2D eigenvalue weighted by Gasteiger charge is 2.31. The average molecular weight is 514 g/mol. The Bertz CT molecular complexity index is 1670. The molecule has 3 aromatic carbocycles. The first-order chi connectivity index (χ1) is 17.7. The second kappa shape index (κ2) is 9.28. The van der Waals surface area contributed by atoms with Gasteiger partial charge in [-0.15, -0.1) is 0 Å². The van der Waals surface area contributed by atoms with Crippen LogP contribution >= 0.6 is 0 Å². The molecule has 10 nitrogen and oxygen atoms in total. The summed E-state index contributed by atoms with van der Waals surface area (Å²) in [4.78, 5) is 45.0. The van der Waals surface area contributed by atoms with Crippen molar-refractivity contribution in [2.24, 2.45) is 5.73 Å². The third-order valence-electron chi connectivity index (χ3n) is 5.79. The third-order valence-corrected chi connectivity index (χ3v) is 7.66. The lowest BCUT2D eigenvalue weighted by Gasteiger charge is -2.10. The molecule has 0 saturated carbocycles. The van der Waals surface area contributed by atoms with E-state index in [2.05, 4.69) is 20.6 Å². The Morgan fingerprint density at radius 2 is 1.57 bits per heavy atom. The molecular weight excluding hydrogens is 494 g/mol. The van der Waals surface area contributed by atoms with Crippen LogP contribution in [0.2, 0.25) is 0 Å². The molecule has 4 N–H and O–H groups in total. The van der Waals surface area contributed by atoms with Gasteiger partial charge in [0.15, 0.2) is 5.82 Å². The van der Waals surface area contributed by atoms with Gasteiger partial charge in [0.1, 0.15) is 0 Å². The van der Waals surface area contributed by atoms with Crippen molar-refractivity contribution >= 4 is 33.2 Å². The number of nitrogens with two attached hydrogens (primary N) is 1. The van der Waals surface area contributed by atoms with Crippen molar-refractivity contribution in [1.82, 2.24) is 15.3 Å². The van der Waals surface area contributed by atoms with Gasteiger partial charge in [0, 0.05) is 41.2 Å². The van der Waals surface area contributed by atoms with Crippen LogP contribution in [-0.4, -0.2) is 36.1 Å². The number of primary amides is 1. The molecule has 0 fully saturated rings. The van der Waals surface area contributed by atoms with Crippen LogP contribution < -0.4 is 16.4 Å². The van der Waals surface area contributed by atoms with E-state index in [0.29, 0.717) is 22.5 Å². The molecular formula is C26H19N5O5S. The topological polar surface area (TPSA) is 161 Å². The molecule has 1 aromatic heterocycles. The van der Waals surface area contributed by atoms with Crippen molar-refractivity contribution in [3.63, 3.8) is 0 Å². The Labute approximate surface area is 211 Å². The molecule has 37 heavy (non-hydrogen) atoms. The fraction of sp³-hybridized carbons (Fsp3) is 0.0385. The second-order valence-corrected chi connectivity index (χ2v) is 10.1. The zero-order valence-corrected chi connectivity index (χ0v) is 20.0. The molecule has 5 rings (SSSR count). The maximum atomic E-state index is 13.1. The number of fused-ring (bicyclic) bond motifs is 2. The number of carbonyl (C=O) groups is 3. The molecule has 2 heterocycles. The Kier molecular flexibility index (Phi) is 5.98. The van der Waals surface area contributed by atoms with Gasteiger partial charge in [-0.1, -0.05) is 24.3 Å². The van der Waals surface area contributed by atoms with Gasteiger partial charge in [0.05, 0.1) is 21.0 Å². The van der Waals surface area contributed by atoms with Gasteiger partial charge in [0.2, 0.25) is 15.7 Å². The lowest BCUT2D eigenvalue weighted by Crippen LogP contribution is -2.23. The number of benzene rings is 3. The predicted octanol–water partition coefficient (Wildman–Crippen LogP) is 2.57. The molecule has 4 aromatic rings. The number of rotatable bonds is 5. The summed E-state index contributed by atoms with van der Waals surface area (Å²) in [5, 5.41) is 5.32. The summed E-state index contributed by atoms with van der Waals surface area (Å²) < 4.78 is 26.2. The standard InChI is InChI=1S/C26H19N5O5S/c27-23(32)16-5-7-17(8-6-16)24-28-12-15(13-29-24)14-30-25(33)18-9-10-22-20(11-18)31-26(34)19-3-1-2-4-21(19)37(22,35)36/h1-13H,14H2,(H2,27,32)(H,30,33)(H,31,34). The fourth-order valence-electron chi connectivity index (χ4n) is 3.86. The summed E-state index contributed by atoms with van der Waals surface area (Å²) in [6.07, 6.45) is 3.12. The smallest absolute Gasteiger partial charge is 0.257 e. The minimum absolute atomic E-state index is 0.0314. The molecule has 0 unspecified atom stereocenters. The van der Waals surface area contributed by atoms with Crippen molar-refractivity contribution in [1.29, 1.82) is 0 Å². The molecule has 3 amide bonds. The molecule has 184 valence electrons.